The summed E-state index contributed by atoms with van der Waals surface area (Å²) >= 11 is 11.9. The van der Waals surface area contributed by atoms with Crippen LogP contribution in [-0.2, 0) is 0 Å². The Morgan fingerprint density at radius 3 is 2.50 bits per heavy atom. The zero-order chi connectivity index (χ0) is 14.7. The molecule has 0 aliphatic heterocycles. The molecule has 20 heavy (non-hydrogen) atoms. The van der Waals surface area contributed by atoms with Crippen LogP contribution in [0.3, 0.4) is 0 Å². The maximum absolute atomic E-state index is 8.82. The Kier molecular flexibility index (Phi) is 4.37. The number of nitrogens with two attached hydrogens (primary N) is 1. The van der Waals surface area contributed by atoms with Gasteiger partial charge in [0.2, 0.25) is 0 Å². The minimum atomic E-state index is -0.0335. The van der Waals surface area contributed by atoms with Gasteiger partial charge in [-0.25, -0.2) is 0 Å². The van der Waals surface area contributed by atoms with Gasteiger partial charge in [-0.3, -0.25) is 0 Å². The highest BCUT2D eigenvalue weighted by Crippen LogP contribution is 2.33. The van der Waals surface area contributed by atoms with E-state index in [1.165, 1.54) is 0 Å². The number of hydrogen-bond acceptors (Lipinski definition) is 3. The Morgan fingerprint density at radius 2 is 1.85 bits per heavy atom. The molecule has 0 saturated heterocycles. The van der Waals surface area contributed by atoms with E-state index < -0.39 is 0 Å². The van der Waals surface area contributed by atoms with E-state index >= 15 is 0 Å². The third-order valence-corrected chi connectivity index (χ3v) is 3.16. The molecule has 0 aromatic heterocycles. The van der Waals surface area contributed by atoms with Gasteiger partial charge in [0.15, 0.2) is 5.84 Å². The van der Waals surface area contributed by atoms with Gasteiger partial charge in [-0.05, 0) is 37.3 Å². The SMILES string of the molecule is Cc1ccc(Oc2ccc(Cl)cc2Cl)c(/C(N)=N/O)c1. The first kappa shape index (κ1) is 14.5. The summed E-state index contributed by atoms with van der Waals surface area (Å²) in [7, 11) is 0. The van der Waals surface area contributed by atoms with Crippen molar-refractivity contribution in [2.24, 2.45) is 10.9 Å². The number of hydrogen-bond donors (Lipinski definition) is 2. The molecular formula is C14H12Cl2N2O2. The molecule has 0 aliphatic rings. The first-order valence-corrected chi connectivity index (χ1v) is 6.48. The number of ether oxygens (including phenoxy) is 1. The molecular weight excluding hydrogens is 299 g/mol. The molecule has 0 saturated carbocycles. The van der Waals surface area contributed by atoms with Crippen molar-refractivity contribution in [1.82, 2.24) is 0 Å². The van der Waals surface area contributed by atoms with Crippen LogP contribution in [-0.4, -0.2) is 11.0 Å². The van der Waals surface area contributed by atoms with E-state index in [2.05, 4.69) is 5.16 Å². The van der Waals surface area contributed by atoms with E-state index in [1.807, 2.05) is 13.0 Å². The smallest absolute Gasteiger partial charge is 0.173 e. The molecule has 0 atom stereocenters. The summed E-state index contributed by atoms with van der Waals surface area (Å²) in [5.74, 6) is 0.843. The van der Waals surface area contributed by atoms with Gasteiger partial charge in [-0.2, -0.15) is 0 Å². The Bertz CT molecular complexity index is 672. The van der Waals surface area contributed by atoms with Gasteiger partial charge < -0.3 is 15.7 Å². The highest BCUT2D eigenvalue weighted by atomic mass is 35.5. The molecule has 0 heterocycles. The van der Waals surface area contributed by atoms with E-state index in [9.17, 15) is 0 Å². The predicted molar refractivity (Wildman–Crippen MR) is 80.2 cm³/mol. The Hall–Kier alpha value is -1.91. The molecule has 2 aromatic rings. The second-order valence-electron chi connectivity index (χ2n) is 4.16. The van der Waals surface area contributed by atoms with Crippen LogP contribution in [0.2, 0.25) is 10.0 Å². The second kappa shape index (κ2) is 6.03. The lowest BCUT2D eigenvalue weighted by Crippen LogP contribution is -2.14. The van der Waals surface area contributed by atoms with Crippen LogP contribution in [0.5, 0.6) is 11.5 Å². The van der Waals surface area contributed by atoms with E-state index in [0.29, 0.717) is 27.1 Å². The third kappa shape index (κ3) is 3.15. The van der Waals surface area contributed by atoms with E-state index in [1.54, 1.807) is 30.3 Å². The third-order valence-electron chi connectivity index (χ3n) is 2.63. The van der Waals surface area contributed by atoms with Crippen LogP contribution < -0.4 is 10.5 Å². The Morgan fingerprint density at radius 1 is 1.15 bits per heavy atom. The van der Waals surface area contributed by atoms with E-state index in [4.69, 9.17) is 38.9 Å². The molecule has 0 radical (unpaired) electrons. The Labute approximate surface area is 126 Å². The maximum atomic E-state index is 8.82. The van der Waals surface area contributed by atoms with E-state index in [-0.39, 0.29) is 5.84 Å². The lowest BCUT2D eigenvalue weighted by atomic mass is 10.1. The van der Waals surface area contributed by atoms with Crippen molar-refractivity contribution in [2.75, 3.05) is 0 Å². The minimum absolute atomic E-state index is 0.0335. The fourth-order valence-corrected chi connectivity index (χ4v) is 2.11. The summed E-state index contributed by atoms with van der Waals surface area (Å²) in [5, 5.41) is 12.7. The molecule has 104 valence electrons. The molecule has 0 fully saturated rings. The van der Waals surface area contributed by atoms with Gasteiger partial charge in [-0.1, -0.05) is 40.0 Å². The first-order valence-electron chi connectivity index (χ1n) is 5.72. The lowest BCUT2D eigenvalue weighted by molar-refractivity contribution is 0.318. The van der Waals surface area contributed by atoms with Gasteiger partial charge in [-0.15, -0.1) is 0 Å². The average molecular weight is 311 g/mol. The highest BCUT2D eigenvalue weighted by molar-refractivity contribution is 6.35. The quantitative estimate of drug-likeness (QED) is 0.386. The largest absolute Gasteiger partial charge is 0.455 e. The summed E-state index contributed by atoms with van der Waals surface area (Å²) in [6.45, 7) is 1.90. The standard InChI is InChI=1S/C14H12Cl2N2O2/c1-8-2-4-12(10(6-8)14(17)18-19)20-13-5-3-9(15)7-11(13)16/h2-7,19H,1H3,(H2,17,18). The first-order chi connectivity index (χ1) is 9.51. The fraction of sp³-hybridized carbons (Fsp3) is 0.0714. The van der Waals surface area contributed by atoms with Gasteiger partial charge in [0.25, 0.3) is 0 Å². The highest BCUT2D eigenvalue weighted by Gasteiger charge is 2.11. The second-order valence-corrected chi connectivity index (χ2v) is 5.01. The summed E-state index contributed by atoms with van der Waals surface area (Å²) in [6.07, 6.45) is 0. The van der Waals surface area contributed by atoms with Crippen LogP contribution in [0, 0.1) is 6.92 Å². The van der Waals surface area contributed by atoms with Crippen molar-refractivity contribution < 1.29 is 9.94 Å². The van der Waals surface area contributed by atoms with Crippen molar-refractivity contribution in [3.8, 4) is 11.5 Å². The molecule has 4 nitrogen and oxygen atoms in total. The van der Waals surface area contributed by atoms with E-state index in [0.717, 1.165) is 5.56 Å². The van der Waals surface area contributed by atoms with Gasteiger partial charge in [0, 0.05) is 5.02 Å². The maximum Gasteiger partial charge on any atom is 0.173 e. The molecule has 0 spiro atoms. The molecule has 0 amide bonds. The lowest BCUT2D eigenvalue weighted by Gasteiger charge is -2.12. The molecule has 2 rings (SSSR count). The number of amidine groups is 1. The summed E-state index contributed by atoms with van der Waals surface area (Å²) < 4.78 is 5.71. The summed E-state index contributed by atoms with van der Waals surface area (Å²) in [5.41, 5.74) is 7.09. The Balaban J connectivity index is 2.43. The number of oxime groups is 1. The van der Waals surface area contributed by atoms with Gasteiger partial charge >= 0.3 is 0 Å². The van der Waals surface area contributed by atoms with Crippen LogP contribution in [0.15, 0.2) is 41.6 Å². The zero-order valence-corrected chi connectivity index (χ0v) is 12.1. The molecule has 0 unspecified atom stereocenters. The van der Waals surface area contributed by atoms with Crippen molar-refractivity contribution in [2.45, 2.75) is 6.92 Å². The number of aryl methyl sites for hydroxylation is 1. The number of rotatable bonds is 3. The number of benzene rings is 2. The molecule has 0 aliphatic carbocycles. The van der Waals surface area contributed by atoms with Gasteiger partial charge in [0.1, 0.15) is 11.5 Å². The van der Waals surface area contributed by atoms with Crippen LogP contribution in [0.4, 0.5) is 0 Å². The number of nitrogens with zero attached hydrogens (tertiary/aromatic N) is 1. The topological polar surface area (TPSA) is 67.8 Å². The van der Waals surface area contributed by atoms with Crippen molar-refractivity contribution in [3.05, 3.63) is 57.6 Å². The van der Waals surface area contributed by atoms with Crippen LogP contribution >= 0.6 is 23.2 Å². The van der Waals surface area contributed by atoms with Gasteiger partial charge in [0.05, 0.1) is 10.6 Å². The van der Waals surface area contributed by atoms with Crippen LogP contribution in [0.25, 0.3) is 0 Å². The number of halogens is 2. The minimum Gasteiger partial charge on any atom is -0.455 e. The average Bonchev–Trinajstić information content (AvgIpc) is 2.42. The molecule has 6 heteroatoms. The molecule has 0 bridgehead atoms. The van der Waals surface area contributed by atoms with Crippen molar-refractivity contribution in [1.29, 1.82) is 0 Å². The normalized spacial score (nSPS) is 11.4. The summed E-state index contributed by atoms with van der Waals surface area (Å²) in [4.78, 5) is 0. The monoisotopic (exact) mass is 310 g/mol. The van der Waals surface area contributed by atoms with Crippen molar-refractivity contribution >= 4 is 29.0 Å². The summed E-state index contributed by atoms with van der Waals surface area (Å²) in [6, 6.07) is 10.2. The fourth-order valence-electron chi connectivity index (χ4n) is 1.66. The molecule has 3 N–H and O–H groups in total. The predicted octanol–water partition coefficient (Wildman–Crippen LogP) is 4.19. The van der Waals surface area contributed by atoms with Crippen LogP contribution in [0.1, 0.15) is 11.1 Å². The van der Waals surface area contributed by atoms with Crippen molar-refractivity contribution in [3.63, 3.8) is 0 Å². The molecule has 2 aromatic carbocycles. The zero-order valence-electron chi connectivity index (χ0n) is 10.6.